The molecule has 0 saturated carbocycles. The van der Waals surface area contributed by atoms with E-state index in [1.807, 2.05) is 0 Å². The molecule has 3 heteroatoms. The highest BCUT2D eigenvalue weighted by Crippen LogP contribution is 2.53. The van der Waals surface area contributed by atoms with Crippen molar-refractivity contribution in [2.75, 3.05) is 4.90 Å². The minimum atomic E-state index is -0.145. The lowest BCUT2D eigenvalue weighted by molar-refractivity contribution is 0.667. The van der Waals surface area contributed by atoms with Crippen LogP contribution in [0.2, 0.25) is 0 Å². The van der Waals surface area contributed by atoms with Crippen molar-refractivity contribution in [2.45, 2.75) is 19.3 Å². The van der Waals surface area contributed by atoms with Crippen molar-refractivity contribution in [3.63, 3.8) is 0 Å². The Bertz CT molecular complexity index is 2350. The number of anilines is 3. The first-order valence-electron chi connectivity index (χ1n) is 15.5. The molecule has 1 aliphatic carbocycles. The van der Waals surface area contributed by atoms with Crippen molar-refractivity contribution < 1.29 is 0 Å². The van der Waals surface area contributed by atoms with E-state index in [1.54, 1.807) is 11.3 Å². The summed E-state index contributed by atoms with van der Waals surface area (Å²) < 4.78 is 1.26. The number of nitrogens with zero attached hydrogens (tertiary/aromatic N) is 2. The highest BCUT2D eigenvalue weighted by molar-refractivity contribution is 7.22. The monoisotopic (exact) mass is 594 g/mol. The van der Waals surface area contributed by atoms with Crippen LogP contribution in [0, 0.1) is 0 Å². The van der Waals surface area contributed by atoms with E-state index in [0.29, 0.717) is 0 Å². The Hall–Kier alpha value is -5.25. The first-order chi connectivity index (χ1) is 22.1. The summed E-state index contributed by atoms with van der Waals surface area (Å²) in [6.07, 6.45) is 0. The molecule has 2 nitrogen and oxygen atoms in total. The van der Waals surface area contributed by atoms with Crippen molar-refractivity contribution in [2.24, 2.45) is 0 Å². The smallest absolute Gasteiger partial charge is 0.124 e. The van der Waals surface area contributed by atoms with Crippen LogP contribution >= 0.6 is 11.3 Å². The van der Waals surface area contributed by atoms with E-state index in [0.717, 1.165) is 27.6 Å². The van der Waals surface area contributed by atoms with Crippen molar-refractivity contribution in [1.29, 1.82) is 0 Å². The number of benzene rings is 7. The summed E-state index contributed by atoms with van der Waals surface area (Å²) in [4.78, 5) is 7.36. The molecule has 1 aromatic heterocycles. The molecule has 0 atom stereocenters. The lowest BCUT2D eigenvalue weighted by atomic mass is 9.80. The molecule has 7 aromatic carbocycles. The van der Waals surface area contributed by atoms with Crippen LogP contribution in [0.3, 0.4) is 0 Å². The molecule has 8 aromatic rings. The van der Waals surface area contributed by atoms with E-state index < -0.39 is 0 Å². The maximum atomic E-state index is 5.02. The lowest BCUT2D eigenvalue weighted by Gasteiger charge is -2.26. The van der Waals surface area contributed by atoms with Gasteiger partial charge in [-0.1, -0.05) is 105 Å². The number of rotatable bonds is 4. The summed E-state index contributed by atoms with van der Waals surface area (Å²) in [5.41, 5.74) is 11.0. The van der Waals surface area contributed by atoms with Crippen LogP contribution in [-0.4, -0.2) is 4.98 Å². The van der Waals surface area contributed by atoms with Gasteiger partial charge in [0.25, 0.3) is 0 Å². The fourth-order valence-electron chi connectivity index (χ4n) is 7.29. The molecule has 1 heterocycles. The largest absolute Gasteiger partial charge is 0.310 e. The first-order valence-corrected chi connectivity index (χ1v) is 16.3. The average molecular weight is 595 g/mol. The molecule has 0 amide bonds. The standard InChI is InChI=1S/C42H30N2S/c1-42(2)37-26-29-24-32(44(30-14-8-4-9-15-30)31-16-10-5-11-17-31)19-18-28(29)25-36(37)34-20-21-35-33(39(34)42)22-23-38-40(35)45-41(43-38)27-12-6-3-7-13-27/h3-26H,1-2H3. The highest BCUT2D eigenvalue weighted by Gasteiger charge is 2.37. The molecule has 0 bridgehead atoms. The number of thiazole rings is 1. The number of aromatic nitrogens is 1. The van der Waals surface area contributed by atoms with Gasteiger partial charge in [0.05, 0.1) is 10.2 Å². The molecule has 0 spiro atoms. The minimum absolute atomic E-state index is 0.145. The predicted octanol–water partition coefficient (Wildman–Crippen LogP) is 12.0. The van der Waals surface area contributed by atoms with Crippen molar-refractivity contribution in [3.8, 4) is 21.7 Å². The second kappa shape index (κ2) is 9.88. The Kier molecular flexibility index (Phi) is 5.75. The molecule has 0 radical (unpaired) electrons. The van der Waals surface area contributed by atoms with Crippen LogP contribution in [0.1, 0.15) is 25.0 Å². The molecule has 0 N–H and O–H groups in total. The molecule has 45 heavy (non-hydrogen) atoms. The van der Waals surface area contributed by atoms with Gasteiger partial charge >= 0.3 is 0 Å². The third-order valence-corrected chi connectivity index (χ3v) is 10.6. The summed E-state index contributed by atoms with van der Waals surface area (Å²) in [5, 5.41) is 6.20. The van der Waals surface area contributed by atoms with Crippen molar-refractivity contribution in [3.05, 3.63) is 157 Å². The van der Waals surface area contributed by atoms with E-state index in [2.05, 4.69) is 164 Å². The van der Waals surface area contributed by atoms with E-state index in [9.17, 15) is 0 Å². The molecule has 0 aliphatic heterocycles. The summed E-state index contributed by atoms with van der Waals surface area (Å²) in [6, 6.07) is 52.7. The number of fused-ring (bicyclic) bond motifs is 8. The molecular formula is C42H30N2S. The van der Waals surface area contributed by atoms with Gasteiger partial charge in [0.15, 0.2) is 0 Å². The van der Waals surface area contributed by atoms with Gasteiger partial charge in [-0.3, -0.25) is 0 Å². The van der Waals surface area contributed by atoms with Crippen LogP contribution in [0.15, 0.2) is 146 Å². The number of para-hydroxylation sites is 2. The number of hydrogen-bond acceptors (Lipinski definition) is 3. The predicted molar refractivity (Wildman–Crippen MR) is 192 cm³/mol. The van der Waals surface area contributed by atoms with E-state index in [1.165, 1.54) is 54.1 Å². The van der Waals surface area contributed by atoms with Crippen LogP contribution < -0.4 is 4.90 Å². The zero-order valence-electron chi connectivity index (χ0n) is 25.2. The first kappa shape index (κ1) is 26.2. The van der Waals surface area contributed by atoms with Crippen molar-refractivity contribution in [1.82, 2.24) is 4.98 Å². The molecule has 214 valence electrons. The van der Waals surface area contributed by atoms with E-state index in [4.69, 9.17) is 4.98 Å². The summed E-state index contributed by atoms with van der Waals surface area (Å²) in [5.74, 6) is 0. The topological polar surface area (TPSA) is 16.1 Å². The van der Waals surface area contributed by atoms with E-state index >= 15 is 0 Å². The van der Waals surface area contributed by atoms with Gasteiger partial charge in [0, 0.05) is 33.4 Å². The SMILES string of the molecule is CC1(C)c2cc3cc(N(c4ccccc4)c4ccccc4)ccc3cc2-c2ccc3c(ccc4nc(-c5ccccc5)sc43)c21. The Morgan fingerprint density at radius 3 is 1.93 bits per heavy atom. The fourth-order valence-corrected chi connectivity index (χ4v) is 8.39. The zero-order chi connectivity index (χ0) is 30.1. The fraction of sp³-hybridized carbons (Fsp3) is 0.0714. The highest BCUT2D eigenvalue weighted by atomic mass is 32.1. The van der Waals surface area contributed by atoms with Gasteiger partial charge in [0.2, 0.25) is 0 Å². The zero-order valence-corrected chi connectivity index (χ0v) is 26.0. The maximum absolute atomic E-state index is 5.02. The minimum Gasteiger partial charge on any atom is -0.310 e. The Labute approximate surface area is 266 Å². The van der Waals surface area contributed by atoms with Gasteiger partial charge in [-0.15, -0.1) is 11.3 Å². The molecule has 0 fully saturated rings. The second-order valence-electron chi connectivity index (χ2n) is 12.4. The Morgan fingerprint density at radius 1 is 0.556 bits per heavy atom. The van der Waals surface area contributed by atoms with Gasteiger partial charge in [-0.2, -0.15) is 0 Å². The lowest BCUT2D eigenvalue weighted by Crippen LogP contribution is -2.15. The number of hydrogen-bond donors (Lipinski definition) is 0. The molecule has 0 unspecified atom stereocenters. The van der Waals surface area contributed by atoms with Crippen LogP contribution in [-0.2, 0) is 5.41 Å². The summed E-state index contributed by atoms with van der Waals surface area (Å²) in [7, 11) is 0. The van der Waals surface area contributed by atoms with Crippen LogP contribution in [0.5, 0.6) is 0 Å². The van der Waals surface area contributed by atoms with Crippen LogP contribution in [0.4, 0.5) is 17.1 Å². The van der Waals surface area contributed by atoms with Gasteiger partial charge < -0.3 is 4.90 Å². The summed E-state index contributed by atoms with van der Waals surface area (Å²) >= 11 is 1.80. The maximum Gasteiger partial charge on any atom is 0.124 e. The Morgan fingerprint density at radius 2 is 1.22 bits per heavy atom. The molecule has 0 saturated heterocycles. The third kappa shape index (κ3) is 4.04. The molecule has 1 aliphatic rings. The van der Waals surface area contributed by atoms with Gasteiger partial charge in [0.1, 0.15) is 5.01 Å². The van der Waals surface area contributed by atoms with Crippen molar-refractivity contribution >= 4 is 60.2 Å². The van der Waals surface area contributed by atoms with Crippen LogP contribution in [0.25, 0.3) is 53.5 Å². The normalized spacial score (nSPS) is 13.3. The quantitative estimate of drug-likeness (QED) is 0.201. The van der Waals surface area contributed by atoms with Gasteiger partial charge in [-0.25, -0.2) is 4.98 Å². The molecule has 9 rings (SSSR count). The average Bonchev–Trinajstić information content (AvgIpc) is 3.62. The van der Waals surface area contributed by atoms with E-state index in [-0.39, 0.29) is 5.41 Å². The second-order valence-corrected chi connectivity index (χ2v) is 13.4. The third-order valence-electron chi connectivity index (χ3n) is 9.41. The molecular weight excluding hydrogens is 565 g/mol. The summed E-state index contributed by atoms with van der Waals surface area (Å²) in [6.45, 7) is 4.78. The van der Waals surface area contributed by atoms with Gasteiger partial charge in [-0.05, 0) is 93.0 Å². The Balaban J connectivity index is 1.20.